The Morgan fingerprint density at radius 1 is 1.23 bits per heavy atom. The maximum Gasteiger partial charge on any atom is 0.433 e. The number of furan rings is 1. The van der Waals surface area contributed by atoms with Gasteiger partial charge in [0, 0.05) is 22.2 Å². The molecule has 0 aliphatic rings. The van der Waals surface area contributed by atoms with E-state index < -0.39 is 23.7 Å². The van der Waals surface area contributed by atoms with Crippen molar-refractivity contribution in [1.82, 2.24) is 14.8 Å². The number of aryl methyl sites for hydroxylation is 1. The van der Waals surface area contributed by atoms with Gasteiger partial charge in [-0.25, -0.2) is 9.67 Å². The number of anilines is 1. The first kappa shape index (κ1) is 26.3. The van der Waals surface area contributed by atoms with E-state index in [0.717, 1.165) is 11.6 Å². The number of alkyl halides is 3. The number of amides is 2. The molecule has 4 aromatic heterocycles. The Morgan fingerprint density at radius 2 is 2.03 bits per heavy atom. The minimum Gasteiger partial charge on any atom is -0.471 e. The molecule has 0 saturated carbocycles. The Hall–Kier alpha value is -4.36. The Labute approximate surface area is 226 Å². The molecule has 0 aliphatic heterocycles. The smallest absolute Gasteiger partial charge is 0.433 e. The van der Waals surface area contributed by atoms with E-state index in [2.05, 4.69) is 15.4 Å². The molecule has 5 rings (SSSR count). The summed E-state index contributed by atoms with van der Waals surface area (Å²) in [6, 6.07) is 10.3. The number of rotatable bonds is 7. The minimum atomic E-state index is -4.77. The van der Waals surface area contributed by atoms with E-state index in [1.807, 2.05) is 6.92 Å². The second-order valence-corrected chi connectivity index (χ2v) is 9.67. The van der Waals surface area contributed by atoms with Crippen molar-refractivity contribution in [3.63, 3.8) is 0 Å². The van der Waals surface area contributed by atoms with E-state index >= 15 is 0 Å². The Morgan fingerprint density at radius 3 is 2.69 bits per heavy atom. The molecule has 0 fully saturated rings. The first-order chi connectivity index (χ1) is 18.5. The Balaban J connectivity index is 1.48. The molecule has 0 saturated heterocycles. The lowest BCUT2D eigenvalue weighted by molar-refractivity contribution is -0.140. The molecule has 0 spiro atoms. The molecule has 0 bridgehead atoms. The van der Waals surface area contributed by atoms with Crippen LogP contribution in [0.1, 0.15) is 31.4 Å². The molecule has 4 heterocycles. The number of primary amides is 1. The van der Waals surface area contributed by atoms with Gasteiger partial charge in [-0.1, -0.05) is 11.6 Å². The predicted octanol–water partition coefficient (Wildman–Crippen LogP) is 6.12. The van der Waals surface area contributed by atoms with Crippen molar-refractivity contribution < 1.29 is 31.9 Å². The van der Waals surface area contributed by atoms with Crippen molar-refractivity contribution in [2.45, 2.75) is 19.8 Å². The second kappa shape index (κ2) is 10.1. The number of hydrogen-bond donors (Lipinski definition) is 2. The highest BCUT2D eigenvalue weighted by molar-refractivity contribution is 7.21. The van der Waals surface area contributed by atoms with E-state index in [-0.39, 0.29) is 44.5 Å². The van der Waals surface area contributed by atoms with Gasteiger partial charge >= 0.3 is 6.18 Å². The van der Waals surface area contributed by atoms with Crippen LogP contribution in [0, 0.1) is 6.92 Å². The van der Waals surface area contributed by atoms with Gasteiger partial charge in [-0.2, -0.15) is 18.3 Å². The highest BCUT2D eigenvalue weighted by Gasteiger charge is 2.35. The number of nitrogens with two attached hydrogens (primary N) is 1. The molecule has 0 atom stereocenters. The molecule has 200 valence electrons. The molecule has 0 radical (unpaired) electrons. The molecule has 9 nitrogen and oxygen atoms in total. The number of hydrogen-bond acceptors (Lipinski definition) is 7. The molecule has 3 N–H and O–H groups in total. The lowest BCUT2D eigenvalue weighted by Gasteiger charge is -2.10. The summed E-state index contributed by atoms with van der Waals surface area (Å²) >= 11 is 6.65. The number of nitrogens with one attached hydrogen (secondary N) is 1. The Kier molecular flexibility index (Phi) is 6.78. The molecule has 14 heteroatoms. The highest BCUT2D eigenvalue weighted by atomic mass is 35.5. The fraction of sp³-hybridized carbons (Fsp3) is 0.120. The normalized spacial score (nSPS) is 11.6. The van der Waals surface area contributed by atoms with Gasteiger partial charge in [0.25, 0.3) is 11.8 Å². The number of nitrogens with zero attached hydrogens (tertiary/aromatic N) is 3. The summed E-state index contributed by atoms with van der Waals surface area (Å²) in [5.41, 5.74) is 4.99. The number of ether oxygens (including phenoxy) is 1. The largest absolute Gasteiger partial charge is 0.471 e. The van der Waals surface area contributed by atoms with Gasteiger partial charge < -0.3 is 20.2 Å². The zero-order valence-corrected chi connectivity index (χ0v) is 21.4. The van der Waals surface area contributed by atoms with E-state index in [0.29, 0.717) is 22.1 Å². The van der Waals surface area contributed by atoms with Crippen LogP contribution in [-0.4, -0.2) is 26.6 Å². The fourth-order valence-corrected chi connectivity index (χ4v) is 4.87. The average Bonchev–Trinajstić information content (AvgIpc) is 3.64. The molecular weight excluding hydrogens is 559 g/mol. The number of thiophene rings is 1. The maximum absolute atomic E-state index is 13.6. The number of carbonyl (C=O) groups excluding carboxylic acids is 2. The van der Waals surface area contributed by atoms with Crippen LogP contribution in [0.3, 0.4) is 0 Å². The first-order valence-electron chi connectivity index (χ1n) is 11.1. The molecule has 5 aromatic rings. The lowest BCUT2D eigenvalue weighted by atomic mass is 10.1. The zero-order chi connectivity index (χ0) is 27.9. The first-order valence-corrected chi connectivity index (χ1v) is 12.3. The van der Waals surface area contributed by atoms with Gasteiger partial charge in [-0.05, 0) is 55.0 Å². The molecule has 0 aliphatic carbocycles. The van der Waals surface area contributed by atoms with Gasteiger partial charge in [-0.3, -0.25) is 9.59 Å². The maximum atomic E-state index is 13.6. The lowest BCUT2D eigenvalue weighted by Crippen LogP contribution is -2.18. The monoisotopic (exact) mass is 575 g/mol. The van der Waals surface area contributed by atoms with Crippen LogP contribution >= 0.6 is 22.9 Å². The number of halogens is 4. The van der Waals surface area contributed by atoms with Crippen molar-refractivity contribution in [2.24, 2.45) is 5.73 Å². The number of fused-ring (bicyclic) bond motifs is 1. The van der Waals surface area contributed by atoms with Crippen molar-refractivity contribution in [2.75, 3.05) is 5.32 Å². The summed E-state index contributed by atoms with van der Waals surface area (Å²) in [6.45, 7) is 1.81. The van der Waals surface area contributed by atoms with Gasteiger partial charge in [0.15, 0.2) is 12.4 Å². The topological polar surface area (TPSA) is 125 Å². The van der Waals surface area contributed by atoms with Crippen LogP contribution in [-0.2, 0) is 12.9 Å². The summed E-state index contributed by atoms with van der Waals surface area (Å²) in [5, 5.41) is 7.42. The van der Waals surface area contributed by atoms with E-state index in [9.17, 15) is 22.8 Å². The predicted molar refractivity (Wildman–Crippen MR) is 138 cm³/mol. The minimum absolute atomic E-state index is 0.0188. The van der Waals surface area contributed by atoms with E-state index in [4.69, 9.17) is 26.5 Å². The molecule has 39 heavy (non-hydrogen) atoms. The third kappa shape index (κ3) is 5.31. The zero-order valence-electron chi connectivity index (χ0n) is 19.9. The van der Waals surface area contributed by atoms with Crippen LogP contribution in [0.5, 0.6) is 5.75 Å². The van der Waals surface area contributed by atoms with Crippen LogP contribution < -0.4 is 15.8 Å². The van der Waals surface area contributed by atoms with Crippen LogP contribution in [0.2, 0.25) is 5.02 Å². The SMILES string of the molecule is Cc1cc(OCn2ccc(C(=O)Nc3c(C(N)=O)sc4nc(C(F)(F)F)cc(-c5ccco5)c34)n2)ccc1Cl. The number of pyridine rings is 1. The third-order valence-electron chi connectivity index (χ3n) is 5.57. The summed E-state index contributed by atoms with van der Waals surface area (Å²) in [5.74, 6) is -1.06. The van der Waals surface area contributed by atoms with Crippen molar-refractivity contribution in [1.29, 1.82) is 0 Å². The fourth-order valence-electron chi connectivity index (χ4n) is 3.74. The van der Waals surface area contributed by atoms with Gasteiger partial charge in [0.2, 0.25) is 0 Å². The van der Waals surface area contributed by atoms with Crippen LogP contribution in [0.4, 0.5) is 18.9 Å². The van der Waals surface area contributed by atoms with Gasteiger partial charge in [0.05, 0.1) is 12.0 Å². The van der Waals surface area contributed by atoms with Crippen LogP contribution in [0.25, 0.3) is 21.5 Å². The number of benzene rings is 1. The quantitative estimate of drug-likeness (QED) is 0.241. The summed E-state index contributed by atoms with van der Waals surface area (Å²) < 4.78 is 53.1. The van der Waals surface area contributed by atoms with Crippen molar-refractivity contribution in [3.8, 4) is 17.1 Å². The number of carbonyl (C=O) groups is 2. The van der Waals surface area contributed by atoms with Crippen LogP contribution in [0.15, 0.2) is 59.3 Å². The van der Waals surface area contributed by atoms with E-state index in [1.54, 1.807) is 18.2 Å². The van der Waals surface area contributed by atoms with Gasteiger partial charge in [0.1, 0.15) is 26.9 Å². The molecule has 1 aromatic carbocycles. The molecular formula is C25H17ClF3N5O4S. The number of aromatic nitrogens is 3. The van der Waals surface area contributed by atoms with Gasteiger partial charge in [-0.15, -0.1) is 11.3 Å². The Bertz CT molecular complexity index is 1710. The third-order valence-corrected chi connectivity index (χ3v) is 7.09. The van der Waals surface area contributed by atoms with Crippen molar-refractivity contribution in [3.05, 3.63) is 81.8 Å². The molecule has 2 amide bonds. The second-order valence-electron chi connectivity index (χ2n) is 8.26. The summed E-state index contributed by atoms with van der Waals surface area (Å²) in [4.78, 5) is 28.7. The average molecular weight is 576 g/mol. The van der Waals surface area contributed by atoms with E-state index in [1.165, 1.54) is 35.3 Å². The standard InChI is InChI=1S/C25H17ClF3N5O4S/c1-12-9-13(4-5-15(12)26)38-11-34-7-6-16(33-34)23(36)32-20-19-14(17-3-2-8-37-17)10-18(25(27,28)29)31-24(19)39-21(20)22(30)35/h2-10H,11H2,1H3,(H2,30,35)(H,32,36). The summed E-state index contributed by atoms with van der Waals surface area (Å²) in [6.07, 6.45) is -1.98. The molecule has 0 unspecified atom stereocenters. The summed E-state index contributed by atoms with van der Waals surface area (Å²) in [7, 11) is 0. The van der Waals surface area contributed by atoms with Crippen molar-refractivity contribution >= 4 is 50.7 Å². The highest BCUT2D eigenvalue weighted by Crippen LogP contribution is 2.43.